The highest BCUT2D eigenvalue weighted by atomic mass is 16.4. The lowest BCUT2D eigenvalue weighted by Crippen LogP contribution is -2.40. The van der Waals surface area contributed by atoms with E-state index >= 15 is 0 Å². The number of hydrogen-bond donors (Lipinski definition) is 3. The van der Waals surface area contributed by atoms with E-state index in [2.05, 4.69) is 10.1 Å². The van der Waals surface area contributed by atoms with E-state index in [1.54, 1.807) is 0 Å². The molecule has 0 saturated heterocycles. The average Bonchev–Trinajstić information content (AvgIpc) is 2.92. The standard InChI is InChI=1S/C13H25N3O2/c14-12(15-18)9-13(5-6-13)10-16(7-8-17)11-3-1-2-4-11/h11,17-18H,1-10H2,(H2,14,15). The van der Waals surface area contributed by atoms with Crippen LogP contribution in [0.25, 0.3) is 0 Å². The molecule has 2 aliphatic carbocycles. The van der Waals surface area contributed by atoms with Crippen LogP contribution in [0.4, 0.5) is 0 Å². The van der Waals surface area contributed by atoms with Gasteiger partial charge in [-0.2, -0.15) is 0 Å². The van der Waals surface area contributed by atoms with Crippen LogP contribution in [0.5, 0.6) is 0 Å². The Bertz CT molecular complexity index is 297. The number of hydrogen-bond acceptors (Lipinski definition) is 4. The molecule has 0 bridgehead atoms. The predicted octanol–water partition coefficient (Wildman–Crippen LogP) is 1.14. The molecule has 2 fully saturated rings. The molecule has 5 nitrogen and oxygen atoms in total. The van der Waals surface area contributed by atoms with Gasteiger partial charge in [0.2, 0.25) is 0 Å². The van der Waals surface area contributed by atoms with Crippen LogP contribution in [-0.2, 0) is 0 Å². The van der Waals surface area contributed by atoms with E-state index in [-0.39, 0.29) is 12.0 Å². The molecule has 0 atom stereocenters. The monoisotopic (exact) mass is 255 g/mol. The minimum Gasteiger partial charge on any atom is -0.409 e. The normalized spacial score (nSPS) is 23.8. The van der Waals surface area contributed by atoms with Crippen LogP contribution in [0.3, 0.4) is 0 Å². The summed E-state index contributed by atoms with van der Waals surface area (Å²) in [6, 6.07) is 0.627. The third-order valence-electron chi connectivity index (χ3n) is 4.41. The molecule has 0 aromatic rings. The Morgan fingerprint density at radius 2 is 2.00 bits per heavy atom. The molecule has 0 spiro atoms. The van der Waals surface area contributed by atoms with Gasteiger partial charge in [-0.25, -0.2) is 0 Å². The Morgan fingerprint density at radius 1 is 1.33 bits per heavy atom. The van der Waals surface area contributed by atoms with Crippen molar-refractivity contribution in [3.8, 4) is 0 Å². The molecule has 0 aromatic carbocycles. The number of aliphatic hydroxyl groups is 1. The largest absolute Gasteiger partial charge is 0.409 e. The van der Waals surface area contributed by atoms with Crippen molar-refractivity contribution in [2.24, 2.45) is 16.3 Å². The molecular formula is C13H25N3O2. The van der Waals surface area contributed by atoms with E-state index in [1.807, 2.05) is 0 Å². The Morgan fingerprint density at radius 3 is 2.50 bits per heavy atom. The number of amidine groups is 1. The van der Waals surface area contributed by atoms with Gasteiger partial charge < -0.3 is 16.0 Å². The van der Waals surface area contributed by atoms with E-state index in [0.29, 0.717) is 18.3 Å². The second-order valence-corrected chi connectivity index (χ2v) is 5.90. The van der Waals surface area contributed by atoms with Crippen molar-refractivity contribution >= 4 is 5.84 Å². The number of aliphatic hydroxyl groups excluding tert-OH is 1. The van der Waals surface area contributed by atoms with Crippen LogP contribution in [0.2, 0.25) is 0 Å². The lowest BCUT2D eigenvalue weighted by Gasteiger charge is -2.32. The van der Waals surface area contributed by atoms with Gasteiger partial charge in [0.15, 0.2) is 0 Å². The smallest absolute Gasteiger partial charge is 0.139 e. The van der Waals surface area contributed by atoms with Gasteiger partial charge in [0, 0.05) is 25.6 Å². The van der Waals surface area contributed by atoms with Gasteiger partial charge in [-0.1, -0.05) is 18.0 Å². The van der Waals surface area contributed by atoms with E-state index in [9.17, 15) is 5.11 Å². The maximum absolute atomic E-state index is 9.21. The first-order valence-corrected chi connectivity index (χ1v) is 7.00. The number of nitrogens with two attached hydrogens (primary N) is 1. The van der Waals surface area contributed by atoms with Gasteiger partial charge in [0.1, 0.15) is 5.84 Å². The predicted molar refractivity (Wildman–Crippen MR) is 70.6 cm³/mol. The minimum atomic E-state index is 0.202. The summed E-state index contributed by atoms with van der Waals surface area (Å²) in [6.07, 6.45) is 8.09. The highest BCUT2D eigenvalue weighted by Gasteiger charge is 2.45. The zero-order chi connectivity index (χ0) is 13.0. The maximum atomic E-state index is 9.21. The van der Waals surface area contributed by atoms with Crippen molar-refractivity contribution in [2.75, 3.05) is 19.7 Å². The molecular weight excluding hydrogens is 230 g/mol. The third-order valence-corrected chi connectivity index (χ3v) is 4.41. The average molecular weight is 255 g/mol. The molecule has 0 amide bonds. The maximum Gasteiger partial charge on any atom is 0.139 e. The summed E-state index contributed by atoms with van der Waals surface area (Å²) in [7, 11) is 0. The zero-order valence-corrected chi connectivity index (χ0v) is 11.0. The first-order chi connectivity index (χ1) is 8.69. The lowest BCUT2D eigenvalue weighted by atomic mass is 9.99. The van der Waals surface area contributed by atoms with E-state index in [0.717, 1.165) is 25.9 Å². The Kier molecular flexibility index (Phi) is 4.45. The highest BCUT2D eigenvalue weighted by molar-refractivity contribution is 5.80. The second-order valence-electron chi connectivity index (χ2n) is 5.90. The Labute approximate surface area is 109 Å². The number of oxime groups is 1. The lowest BCUT2D eigenvalue weighted by molar-refractivity contribution is 0.126. The van der Waals surface area contributed by atoms with E-state index in [1.165, 1.54) is 25.7 Å². The first kappa shape index (κ1) is 13.6. The summed E-state index contributed by atoms with van der Waals surface area (Å²) in [6.45, 7) is 1.95. The molecule has 0 aromatic heterocycles. The fraction of sp³-hybridized carbons (Fsp3) is 0.923. The SMILES string of the molecule is NC(CC1(CN(CCO)C2CCCC2)CC1)=NO. The van der Waals surface area contributed by atoms with E-state index in [4.69, 9.17) is 10.9 Å². The van der Waals surface area contributed by atoms with Crippen molar-refractivity contribution in [3.05, 3.63) is 0 Å². The van der Waals surface area contributed by atoms with Crippen LogP contribution >= 0.6 is 0 Å². The van der Waals surface area contributed by atoms with Gasteiger partial charge in [-0.05, 0) is 31.1 Å². The summed E-state index contributed by atoms with van der Waals surface area (Å²) in [5, 5.41) is 21.0. The molecule has 0 unspecified atom stereocenters. The summed E-state index contributed by atoms with van der Waals surface area (Å²) in [5.41, 5.74) is 5.84. The quantitative estimate of drug-likeness (QED) is 0.276. The molecule has 2 rings (SSSR count). The van der Waals surface area contributed by atoms with Crippen LogP contribution in [0, 0.1) is 5.41 Å². The molecule has 0 radical (unpaired) electrons. The van der Waals surface area contributed by atoms with Gasteiger partial charge in [-0.3, -0.25) is 4.90 Å². The number of rotatable bonds is 7. The molecule has 0 heterocycles. The first-order valence-electron chi connectivity index (χ1n) is 7.00. The van der Waals surface area contributed by atoms with Crippen molar-refractivity contribution in [1.29, 1.82) is 0 Å². The molecule has 4 N–H and O–H groups in total. The number of nitrogens with zero attached hydrogens (tertiary/aromatic N) is 2. The summed E-state index contributed by atoms with van der Waals surface area (Å²) in [4.78, 5) is 2.42. The Balaban J connectivity index is 1.91. The van der Waals surface area contributed by atoms with E-state index < -0.39 is 0 Å². The zero-order valence-electron chi connectivity index (χ0n) is 11.0. The van der Waals surface area contributed by atoms with Gasteiger partial charge in [0.05, 0.1) is 6.61 Å². The van der Waals surface area contributed by atoms with Crippen LogP contribution in [0.15, 0.2) is 5.16 Å². The van der Waals surface area contributed by atoms with Gasteiger partial charge in [-0.15, -0.1) is 0 Å². The highest BCUT2D eigenvalue weighted by Crippen LogP contribution is 2.50. The minimum absolute atomic E-state index is 0.202. The van der Waals surface area contributed by atoms with Gasteiger partial charge >= 0.3 is 0 Å². The van der Waals surface area contributed by atoms with Crippen LogP contribution in [-0.4, -0.2) is 46.8 Å². The van der Waals surface area contributed by atoms with Crippen molar-refractivity contribution < 1.29 is 10.3 Å². The topological polar surface area (TPSA) is 82.1 Å². The van der Waals surface area contributed by atoms with Crippen LogP contribution in [0.1, 0.15) is 44.9 Å². The summed E-state index contributed by atoms with van der Waals surface area (Å²) < 4.78 is 0. The second kappa shape index (κ2) is 5.89. The summed E-state index contributed by atoms with van der Waals surface area (Å²) in [5.74, 6) is 0.336. The van der Waals surface area contributed by atoms with Crippen molar-refractivity contribution in [1.82, 2.24) is 4.90 Å². The fourth-order valence-electron chi connectivity index (χ4n) is 3.21. The molecule has 2 aliphatic rings. The third kappa shape index (κ3) is 3.36. The van der Waals surface area contributed by atoms with Crippen molar-refractivity contribution in [2.45, 2.75) is 51.0 Å². The van der Waals surface area contributed by atoms with Crippen molar-refractivity contribution in [3.63, 3.8) is 0 Å². The van der Waals surface area contributed by atoms with Crippen LogP contribution < -0.4 is 5.73 Å². The summed E-state index contributed by atoms with van der Waals surface area (Å²) >= 11 is 0. The molecule has 0 aliphatic heterocycles. The molecule has 5 heteroatoms. The van der Waals surface area contributed by atoms with Gasteiger partial charge in [0.25, 0.3) is 0 Å². The molecule has 104 valence electrons. The molecule has 2 saturated carbocycles. The fourth-order valence-corrected chi connectivity index (χ4v) is 3.21. The molecule has 18 heavy (non-hydrogen) atoms. The Hall–Kier alpha value is -0.810.